The molecule has 1 fully saturated rings. The third-order valence-electron chi connectivity index (χ3n) is 7.05. The van der Waals surface area contributed by atoms with Gasteiger partial charge in [-0.05, 0) is 57.2 Å². The van der Waals surface area contributed by atoms with E-state index in [9.17, 15) is 9.18 Å². The number of benzene rings is 3. The molecule has 1 unspecified atom stereocenters. The van der Waals surface area contributed by atoms with Crippen LogP contribution in [0.3, 0.4) is 0 Å². The maximum atomic E-state index is 13.7. The summed E-state index contributed by atoms with van der Waals surface area (Å²) in [5.41, 5.74) is 5.11. The molecule has 0 saturated carbocycles. The lowest BCUT2D eigenvalue weighted by Gasteiger charge is -2.17. The number of hydrogen-bond acceptors (Lipinski definition) is 5. The molecule has 1 amide bonds. The van der Waals surface area contributed by atoms with Crippen molar-refractivity contribution in [1.82, 2.24) is 34.8 Å². The molecule has 3 aromatic carbocycles. The van der Waals surface area contributed by atoms with Crippen molar-refractivity contribution in [3.8, 4) is 16.8 Å². The molecule has 0 bridgehead atoms. The second-order valence-corrected chi connectivity index (χ2v) is 10.8. The lowest BCUT2D eigenvalue weighted by molar-refractivity contribution is 0.0938. The van der Waals surface area contributed by atoms with Crippen molar-refractivity contribution in [3.05, 3.63) is 119 Å². The fourth-order valence-corrected chi connectivity index (χ4v) is 5.48. The van der Waals surface area contributed by atoms with Gasteiger partial charge in [0.15, 0.2) is 0 Å². The van der Waals surface area contributed by atoms with Gasteiger partial charge in [-0.3, -0.25) is 9.69 Å². The number of likely N-dealkylation sites (tertiary alicyclic amines) is 1. The normalized spacial score (nSPS) is 15.4. The summed E-state index contributed by atoms with van der Waals surface area (Å²) in [5.74, 6) is -0.413. The molecule has 1 saturated heterocycles. The van der Waals surface area contributed by atoms with E-state index in [1.54, 1.807) is 23.3 Å². The Morgan fingerprint density at radius 1 is 1.07 bits per heavy atom. The van der Waals surface area contributed by atoms with Gasteiger partial charge in [0.25, 0.3) is 5.91 Å². The molecule has 202 valence electrons. The molecule has 2 aromatic heterocycles. The summed E-state index contributed by atoms with van der Waals surface area (Å²) in [6.45, 7) is 2.90. The number of hydrogen-bond donors (Lipinski definition) is 1. The van der Waals surface area contributed by atoms with Crippen molar-refractivity contribution >= 4 is 21.8 Å². The molecule has 10 heteroatoms. The van der Waals surface area contributed by atoms with Gasteiger partial charge in [-0.2, -0.15) is 0 Å². The van der Waals surface area contributed by atoms with Crippen LogP contribution in [0.5, 0.6) is 0 Å². The van der Waals surface area contributed by atoms with E-state index in [1.807, 2.05) is 41.2 Å². The Hall–Kier alpha value is -4.15. The van der Waals surface area contributed by atoms with Gasteiger partial charge in [-0.15, -0.1) is 5.10 Å². The van der Waals surface area contributed by atoms with Crippen LogP contribution in [0.2, 0.25) is 0 Å². The monoisotopic (exact) mass is 599 g/mol. The van der Waals surface area contributed by atoms with Crippen LogP contribution in [0.1, 0.15) is 28.0 Å². The van der Waals surface area contributed by atoms with E-state index in [4.69, 9.17) is 0 Å². The lowest BCUT2D eigenvalue weighted by atomic mass is 9.98. The van der Waals surface area contributed by atoms with Crippen LogP contribution in [0.15, 0.2) is 96.1 Å². The van der Waals surface area contributed by atoms with Crippen LogP contribution in [0.25, 0.3) is 16.8 Å². The summed E-state index contributed by atoms with van der Waals surface area (Å²) in [7, 11) is 0. The van der Waals surface area contributed by atoms with Crippen molar-refractivity contribution in [1.29, 1.82) is 0 Å². The summed E-state index contributed by atoms with van der Waals surface area (Å²) in [6, 6.07) is 20.5. The summed E-state index contributed by atoms with van der Waals surface area (Å²) in [6.07, 6.45) is 8.16. The number of imidazole rings is 1. The van der Waals surface area contributed by atoms with Crippen LogP contribution in [-0.2, 0) is 13.1 Å². The summed E-state index contributed by atoms with van der Waals surface area (Å²) in [5, 5.41) is 11.7. The fourth-order valence-electron chi connectivity index (χ4n) is 5.05. The predicted molar refractivity (Wildman–Crippen MR) is 153 cm³/mol. The minimum Gasteiger partial charge on any atom is -0.348 e. The third-order valence-corrected chi connectivity index (χ3v) is 7.72. The Balaban J connectivity index is 1.08. The molecule has 40 heavy (non-hydrogen) atoms. The molecule has 0 radical (unpaired) electrons. The SMILES string of the molecule is O=C(NC1CCN(Cc2cn(-c3cc(F)ccc3Br)nn2)C1)c1ccccc1-c1ccc(Cn2ccnc2)cc1. The first kappa shape index (κ1) is 26.1. The van der Waals surface area contributed by atoms with Crippen LogP contribution >= 0.6 is 15.9 Å². The number of carbonyl (C=O) groups excluding carboxylic acids is 1. The number of rotatable bonds is 8. The van der Waals surface area contributed by atoms with E-state index in [1.165, 1.54) is 17.7 Å². The van der Waals surface area contributed by atoms with Gasteiger partial charge in [0.05, 0.1) is 23.9 Å². The van der Waals surface area contributed by atoms with E-state index >= 15 is 0 Å². The molecular weight excluding hydrogens is 573 g/mol. The highest BCUT2D eigenvalue weighted by Gasteiger charge is 2.26. The van der Waals surface area contributed by atoms with Crippen molar-refractivity contribution in [2.24, 2.45) is 0 Å². The van der Waals surface area contributed by atoms with Gasteiger partial charge >= 0.3 is 0 Å². The van der Waals surface area contributed by atoms with E-state index in [0.717, 1.165) is 40.8 Å². The maximum Gasteiger partial charge on any atom is 0.252 e. The standard InChI is InChI=1S/C30H27BrFN7O/c31-28-10-9-23(32)15-29(28)39-19-25(35-36-39)18-37-13-11-24(17-37)34-30(40)27-4-2-1-3-26(27)22-7-5-21(6-8-22)16-38-14-12-33-20-38/h1-10,12,14-15,19-20,24H,11,13,16-18H2,(H,34,40). The molecule has 1 N–H and O–H groups in total. The van der Waals surface area contributed by atoms with Gasteiger partial charge in [-0.1, -0.05) is 47.7 Å². The van der Waals surface area contributed by atoms with Crippen LogP contribution in [0.4, 0.5) is 4.39 Å². The van der Waals surface area contributed by atoms with E-state index in [-0.39, 0.29) is 17.8 Å². The van der Waals surface area contributed by atoms with Crippen molar-refractivity contribution in [2.45, 2.75) is 25.6 Å². The van der Waals surface area contributed by atoms with Crippen molar-refractivity contribution in [3.63, 3.8) is 0 Å². The van der Waals surface area contributed by atoms with E-state index in [2.05, 4.69) is 65.7 Å². The van der Waals surface area contributed by atoms with Gasteiger partial charge in [-0.25, -0.2) is 14.1 Å². The summed E-state index contributed by atoms with van der Waals surface area (Å²) >= 11 is 3.44. The minimum atomic E-state index is -0.336. The molecule has 3 heterocycles. The molecular formula is C30H27BrFN7O. The molecule has 1 aliphatic heterocycles. The Bertz CT molecular complexity index is 1620. The largest absolute Gasteiger partial charge is 0.348 e. The van der Waals surface area contributed by atoms with E-state index in [0.29, 0.717) is 24.3 Å². The molecule has 1 aliphatic rings. The number of aromatic nitrogens is 5. The number of carbonyl (C=O) groups is 1. The Morgan fingerprint density at radius 2 is 1.93 bits per heavy atom. The first-order valence-electron chi connectivity index (χ1n) is 13.1. The predicted octanol–water partition coefficient (Wildman–Crippen LogP) is 5.09. The van der Waals surface area contributed by atoms with Gasteiger partial charge < -0.3 is 9.88 Å². The third kappa shape index (κ3) is 5.88. The average Bonchev–Trinajstić information content (AvgIpc) is 3.74. The molecule has 5 aromatic rings. The van der Waals surface area contributed by atoms with Gasteiger partial charge in [0.1, 0.15) is 5.82 Å². The van der Waals surface area contributed by atoms with Crippen LogP contribution in [-0.4, -0.2) is 54.5 Å². The first-order valence-corrected chi connectivity index (χ1v) is 13.8. The number of amides is 1. The molecule has 6 rings (SSSR count). The highest BCUT2D eigenvalue weighted by molar-refractivity contribution is 9.10. The number of nitrogens with zero attached hydrogens (tertiary/aromatic N) is 6. The maximum absolute atomic E-state index is 13.7. The molecule has 1 atom stereocenters. The lowest BCUT2D eigenvalue weighted by Crippen LogP contribution is -2.37. The van der Waals surface area contributed by atoms with Gasteiger partial charge in [0, 0.05) is 60.7 Å². The summed E-state index contributed by atoms with van der Waals surface area (Å²) < 4.78 is 18.0. The zero-order valence-corrected chi connectivity index (χ0v) is 23.2. The molecule has 0 aliphatic carbocycles. The van der Waals surface area contributed by atoms with Gasteiger partial charge in [0.2, 0.25) is 0 Å². The second kappa shape index (κ2) is 11.5. The highest BCUT2D eigenvalue weighted by atomic mass is 79.9. The topological polar surface area (TPSA) is 80.9 Å². The van der Waals surface area contributed by atoms with Crippen LogP contribution < -0.4 is 5.32 Å². The first-order chi connectivity index (χ1) is 19.5. The highest BCUT2D eigenvalue weighted by Crippen LogP contribution is 2.25. The van der Waals surface area contributed by atoms with Crippen molar-refractivity contribution < 1.29 is 9.18 Å². The number of halogens is 2. The fraction of sp³-hybridized carbons (Fsp3) is 0.200. The molecule has 0 spiro atoms. The average molecular weight is 600 g/mol. The summed E-state index contributed by atoms with van der Waals surface area (Å²) in [4.78, 5) is 19.7. The Kier molecular flexibility index (Phi) is 7.52. The Morgan fingerprint density at radius 3 is 2.75 bits per heavy atom. The van der Waals surface area contributed by atoms with E-state index < -0.39 is 0 Å². The van der Waals surface area contributed by atoms with Crippen molar-refractivity contribution in [2.75, 3.05) is 13.1 Å². The molecule has 8 nitrogen and oxygen atoms in total. The second-order valence-electron chi connectivity index (χ2n) is 9.92. The Labute approximate surface area is 239 Å². The minimum absolute atomic E-state index is 0.0329. The quantitative estimate of drug-likeness (QED) is 0.269. The smallest absolute Gasteiger partial charge is 0.252 e. The zero-order valence-electron chi connectivity index (χ0n) is 21.6. The zero-order chi connectivity index (χ0) is 27.5. The van der Waals surface area contributed by atoms with Crippen LogP contribution in [0, 0.1) is 5.82 Å². The number of nitrogens with one attached hydrogen (secondary N) is 1.